The fraction of sp³-hybridized carbons (Fsp3) is 1.00. The molecule has 4 nitrogen and oxygen atoms in total. The maximum Gasteiger partial charge on any atom is 0.202 e. The Morgan fingerprint density at radius 2 is 1.27 bits per heavy atom. The molecule has 0 amide bonds. The molecule has 0 heterocycles. The maximum absolute atomic E-state index is 5.89. The molecule has 0 aromatic rings. The lowest BCUT2D eigenvalue weighted by Gasteiger charge is -2.32. The van der Waals surface area contributed by atoms with Crippen LogP contribution in [-0.4, -0.2) is 89.7 Å². The van der Waals surface area contributed by atoms with Crippen LogP contribution in [0.5, 0.6) is 0 Å². The van der Waals surface area contributed by atoms with Crippen LogP contribution in [0, 0.1) is 0 Å². The van der Waals surface area contributed by atoms with Gasteiger partial charge < -0.3 is 19.1 Å². The second-order valence-electron chi connectivity index (χ2n) is 6.78. The van der Waals surface area contributed by atoms with Gasteiger partial charge >= 0.3 is 0 Å². The molecule has 0 radical (unpaired) electrons. The van der Waals surface area contributed by atoms with Gasteiger partial charge in [-0.05, 0) is 78.8 Å². The average molecular weight is 332 g/mol. The van der Waals surface area contributed by atoms with Crippen LogP contribution in [0.2, 0.25) is 12.6 Å². The molecule has 0 aliphatic carbocycles. The molecule has 1 unspecified atom stereocenters. The lowest BCUT2D eigenvalue weighted by Crippen LogP contribution is -2.47. The highest BCUT2D eigenvalue weighted by molar-refractivity contribution is 6.72. The topological polar surface area (TPSA) is 19.0 Å². The van der Waals surface area contributed by atoms with Crippen molar-refractivity contribution in [2.45, 2.75) is 46.2 Å². The average Bonchev–Trinajstić information content (AvgIpc) is 2.53. The van der Waals surface area contributed by atoms with Gasteiger partial charge in [0.25, 0.3) is 0 Å². The lowest BCUT2D eigenvalue weighted by atomic mass is 10.3. The lowest BCUT2D eigenvalue weighted by molar-refractivity contribution is 0.241. The first-order valence-electron chi connectivity index (χ1n) is 9.05. The van der Waals surface area contributed by atoms with E-state index in [4.69, 9.17) is 4.43 Å². The van der Waals surface area contributed by atoms with Crippen molar-refractivity contribution in [2.75, 3.05) is 66.6 Å². The van der Waals surface area contributed by atoms with Crippen molar-refractivity contribution < 1.29 is 4.43 Å². The molecule has 134 valence electrons. The maximum atomic E-state index is 5.89. The van der Waals surface area contributed by atoms with Crippen LogP contribution in [0.25, 0.3) is 0 Å². The van der Waals surface area contributed by atoms with Crippen molar-refractivity contribution in [1.82, 2.24) is 14.7 Å². The zero-order valence-corrected chi connectivity index (χ0v) is 17.3. The van der Waals surface area contributed by atoms with Crippen molar-refractivity contribution in [3.8, 4) is 0 Å². The Morgan fingerprint density at radius 1 is 0.818 bits per heavy atom. The van der Waals surface area contributed by atoms with Gasteiger partial charge in [0, 0.05) is 13.3 Å². The van der Waals surface area contributed by atoms with Gasteiger partial charge in [-0.1, -0.05) is 20.8 Å². The van der Waals surface area contributed by atoms with Crippen molar-refractivity contribution in [2.24, 2.45) is 0 Å². The van der Waals surface area contributed by atoms with Crippen LogP contribution in [0.4, 0.5) is 0 Å². The molecule has 0 saturated carbocycles. The predicted octanol–water partition coefficient (Wildman–Crippen LogP) is 2.75. The van der Waals surface area contributed by atoms with Crippen LogP contribution in [-0.2, 0) is 4.43 Å². The first-order chi connectivity index (χ1) is 10.4. The van der Waals surface area contributed by atoms with E-state index in [0.29, 0.717) is 0 Å². The third kappa shape index (κ3) is 9.95. The van der Waals surface area contributed by atoms with Crippen molar-refractivity contribution >= 4 is 8.32 Å². The predicted molar refractivity (Wildman–Crippen MR) is 101 cm³/mol. The molecule has 22 heavy (non-hydrogen) atoms. The van der Waals surface area contributed by atoms with E-state index in [9.17, 15) is 0 Å². The Morgan fingerprint density at radius 3 is 1.59 bits per heavy atom. The molecule has 0 aromatic heterocycles. The van der Waals surface area contributed by atoms with Gasteiger partial charge in [0.1, 0.15) is 0 Å². The summed E-state index contributed by atoms with van der Waals surface area (Å²) in [6, 6.07) is 1.20. The van der Waals surface area contributed by atoms with Crippen molar-refractivity contribution in [3.05, 3.63) is 0 Å². The molecule has 0 bridgehead atoms. The fourth-order valence-electron chi connectivity index (χ4n) is 2.51. The van der Waals surface area contributed by atoms with Crippen LogP contribution in [0.1, 0.15) is 33.6 Å². The number of rotatable bonds is 14. The van der Waals surface area contributed by atoms with Crippen LogP contribution < -0.4 is 0 Å². The normalized spacial score (nSPS) is 15.0. The van der Waals surface area contributed by atoms with E-state index in [-0.39, 0.29) is 0 Å². The molecule has 5 heteroatoms. The largest absolute Gasteiger partial charge is 0.419 e. The van der Waals surface area contributed by atoms with E-state index < -0.39 is 8.32 Å². The van der Waals surface area contributed by atoms with Crippen LogP contribution >= 0.6 is 0 Å². The van der Waals surface area contributed by atoms with E-state index in [2.05, 4.69) is 56.1 Å². The zero-order valence-electron chi connectivity index (χ0n) is 16.3. The van der Waals surface area contributed by atoms with Crippen LogP contribution in [0.15, 0.2) is 0 Å². The highest BCUT2D eigenvalue weighted by Gasteiger charge is 2.28. The monoisotopic (exact) mass is 331 g/mol. The van der Waals surface area contributed by atoms with Crippen molar-refractivity contribution in [1.29, 1.82) is 0 Å². The Labute approximate surface area is 140 Å². The molecule has 0 aromatic carbocycles. The number of hydrogen-bond acceptors (Lipinski definition) is 4. The molecule has 0 rings (SSSR count). The zero-order chi connectivity index (χ0) is 17.0. The summed E-state index contributed by atoms with van der Waals surface area (Å²) in [6.07, 6.45) is 3.68. The molecular formula is C17H41N3OSi. The molecule has 0 spiro atoms. The highest BCUT2D eigenvalue weighted by Crippen LogP contribution is 2.13. The second kappa shape index (κ2) is 12.5. The summed E-state index contributed by atoms with van der Waals surface area (Å²) in [5.41, 5.74) is 0. The highest BCUT2D eigenvalue weighted by atomic mass is 28.4. The van der Waals surface area contributed by atoms with E-state index in [1.54, 1.807) is 0 Å². The first-order valence-corrected chi connectivity index (χ1v) is 11.9. The van der Waals surface area contributed by atoms with Gasteiger partial charge in [0.05, 0.1) is 0 Å². The van der Waals surface area contributed by atoms with Gasteiger partial charge in [-0.15, -0.1) is 0 Å². The third-order valence-electron chi connectivity index (χ3n) is 4.91. The van der Waals surface area contributed by atoms with E-state index in [0.717, 1.165) is 13.1 Å². The van der Waals surface area contributed by atoms with Crippen molar-refractivity contribution in [3.63, 3.8) is 0 Å². The Hall–Kier alpha value is 0.0569. The van der Waals surface area contributed by atoms with Gasteiger partial charge in [0.15, 0.2) is 0 Å². The summed E-state index contributed by atoms with van der Waals surface area (Å²) in [7, 11) is 4.79. The molecule has 0 fully saturated rings. The Balaban J connectivity index is 4.35. The minimum Gasteiger partial charge on any atom is -0.419 e. The third-order valence-corrected chi connectivity index (χ3v) is 8.50. The number of hydrogen-bond donors (Lipinski definition) is 0. The second-order valence-corrected chi connectivity index (χ2v) is 11.1. The molecule has 0 saturated heterocycles. The Kier molecular flexibility index (Phi) is 12.5. The van der Waals surface area contributed by atoms with Gasteiger partial charge in [-0.3, -0.25) is 0 Å². The standard InChI is InChI=1S/C17H41N3OSi/c1-8-18(4)13-11-15-20(16-12-14-19(5)9-2)17-22(7,10-3)21-6/h8-17H2,1-7H3. The van der Waals surface area contributed by atoms with Gasteiger partial charge in [-0.2, -0.15) is 0 Å². The molecule has 1 atom stereocenters. The molecule has 0 N–H and O–H groups in total. The van der Waals surface area contributed by atoms with E-state index in [1.807, 2.05) is 7.11 Å². The molecule has 0 aliphatic rings. The summed E-state index contributed by atoms with van der Waals surface area (Å²) in [5.74, 6) is 0. The minimum atomic E-state index is -1.53. The smallest absolute Gasteiger partial charge is 0.202 e. The summed E-state index contributed by atoms with van der Waals surface area (Å²) >= 11 is 0. The summed E-state index contributed by atoms with van der Waals surface area (Å²) in [4.78, 5) is 7.46. The number of nitrogens with zero attached hydrogens (tertiary/aromatic N) is 3. The quantitative estimate of drug-likeness (QED) is 0.456. The summed E-state index contributed by atoms with van der Waals surface area (Å²) in [6.45, 7) is 16.2. The molecular weight excluding hydrogens is 290 g/mol. The SMILES string of the molecule is CCN(C)CCCN(CCCN(C)CC)C[Si](C)(CC)OC. The van der Waals surface area contributed by atoms with Crippen LogP contribution in [0.3, 0.4) is 0 Å². The fourth-order valence-corrected chi connectivity index (χ4v) is 4.41. The van der Waals surface area contributed by atoms with Gasteiger partial charge in [0.2, 0.25) is 8.32 Å². The summed E-state index contributed by atoms with van der Waals surface area (Å²) < 4.78 is 5.89. The molecule has 0 aliphatic heterocycles. The van der Waals surface area contributed by atoms with E-state index >= 15 is 0 Å². The summed E-state index contributed by atoms with van der Waals surface area (Å²) in [5, 5.41) is 0. The van der Waals surface area contributed by atoms with Gasteiger partial charge in [-0.25, -0.2) is 0 Å². The van der Waals surface area contributed by atoms with E-state index in [1.165, 1.54) is 51.2 Å². The minimum absolute atomic E-state index is 1.14. The Bertz CT molecular complexity index is 246. The first kappa shape index (κ1) is 22.1.